The van der Waals surface area contributed by atoms with Crippen molar-refractivity contribution in [2.45, 2.75) is 26.0 Å². The van der Waals surface area contributed by atoms with Gasteiger partial charge in [-0.05, 0) is 33.0 Å². The van der Waals surface area contributed by atoms with E-state index in [1.807, 2.05) is 14.0 Å². The maximum atomic E-state index is 11.8. The average molecular weight is 305 g/mol. The van der Waals surface area contributed by atoms with Gasteiger partial charge in [0.2, 0.25) is 0 Å². The molecule has 0 bridgehead atoms. The molecule has 1 aromatic carbocycles. The van der Waals surface area contributed by atoms with Gasteiger partial charge < -0.3 is 15.4 Å². The normalized spacial score (nSPS) is 13.7. The van der Waals surface area contributed by atoms with Crippen LogP contribution in [0.3, 0.4) is 0 Å². The summed E-state index contributed by atoms with van der Waals surface area (Å²) < 4.78 is 5.50. The third-order valence-corrected chi connectivity index (χ3v) is 3.39. The molecule has 0 aromatic heterocycles. The molecule has 6 heteroatoms. The van der Waals surface area contributed by atoms with Crippen molar-refractivity contribution in [3.05, 3.63) is 28.2 Å². The minimum absolute atomic E-state index is 0.173. The molecule has 2 N–H and O–H groups in total. The highest BCUT2D eigenvalue weighted by atomic mass is 35.5. The van der Waals surface area contributed by atoms with E-state index in [9.17, 15) is 4.79 Å². The van der Waals surface area contributed by atoms with Crippen LogP contribution in [0.4, 0.5) is 0 Å². The number of nitrogens with one attached hydrogen (secondary N) is 2. The van der Waals surface area contributed by atoms with Gasteiger partial charge in [0.15, 0.2) is 6.10 Å². The van der Waals surface area contributed by atoms with Crippen LogP contribution >= 0.6 is 23.2 Å². The summed E-state index contributed by atoms with van der Waals surface area (Å²) in [6.07, 6.45) is -0.596. The number of hydrogen-bond donors (Lipinski definition) is 2. The summed E-state index contributed by atoms with van der Waals surface area (Å²) >= 11 is 11.7. The lowest BCUT2D eigenvalue weighted by Crippen LogP contribution is -2.42. The number of hydrogen-bond acceptors (Lipinski definition) is 3. The number of amides is 1. The zero-order valence-electron chi connectivity index (χ0n) is 11.2. The molecule has 0 saturated carbocycles. The third kappa shape index (κ3) is 5.27. The molecule has 4 nitrogen and oxygen atoms in total. The molecule has 2 unspecified atom stereocenters. The Hall–Kier alpha value is -0.970. The zero-order valence-corrected chi connectivity index (χ0v) is 12.7. The van der Waals surface area contributed by atoms with E-state index >= 15 is 0 Å². The maximum Gasteiger partial charge on any atom is 0.260 e. The predicted octanol–water partition coefficient (Wildman–Crippen LogP) is 2.48. The summed E-state index contributed by atoms with van der Waals surface area (Å²) in [5.41, 5.74) is 0. The molecule has 0 aliphatic carbocycles. The topological polar surface area (TPSA) is 50.4 Å². The van der Waals surface area contributed by atoms with Gasteiger partial charge in [-0.25, -0.2) is 0 Å². The van der Waals surface area contributed by atoms with Crippen molar-refractivity contribution in [2.24, 2.45) is 0 Å². The van der Waals surface area contributed by atoms with E-state index < -0.39 is 6.10 Å². The average Bonchev–Trinajstić information content (AvgIpc) is 2.39. The van der Waals surface area contributed by atoms with E-state index in [2.05, 4.69) is 10.6 Å². The molecule has 1 aromatic rings. The van der Waals surface area contributed by atoms with Gasteiger partial charge in [0.05, 0.1) is 10.0 Å². The Morgan fingerprint density at radius 3 is 2.58 bits per heavy atom. The largest absolute Gasteiger partial charge is 0.481 e. The SMILES string of the molecule is CNC(C)CNC(=O)C(C)Oc1ccc(Cl)c(Cl)c1. The minimum atomic E-state index is -0.596. The molecule has 1 rings (SSSR count). The molecular weight excluding hydrogens is 287 g/mol. The Bertz CT molecular complexity index is 441. The van der Waals surface area contributed by atoms with E-state index in [0.29, 0.717) is 22.3 Å². The first-order chi connectivity index (χ1) is 8.93. The summed E-state index contributed by atoms with van der Waals surface area (Å²) in [6.45, 7) is 4.21. The van der Waals surface area contributed by atoms with Crippen LogP contribution in [-0.2, 0) is 4.79 Å². The highest BCUT2D eigenvalue weighted by Gasteiger charge is 2.15. The number of halogens is 2. The highest BCUT2D eigenvalue weighted by Crippen LogP contribution is 2.26. The Kier molecular flexibility index (Phi) is 6.42. The van der Waals surface area contributed by atoms with Crippen molar-refractivity contribution in [2.75, 3.05) is 13.6 Å². The first-order valence-electron chi connectivity index (χ1n) is 6.00. The van der Waals surface area contributed by atoms with Crippen molar-refractivity contribution >= 4 is 29.1 Å². The van der Waals surface area contributed by atoms with Crippen LogP contribution in [0.1, 0.15) is 13.8 Å². The number of ether oxygens (including phenoxy) is 1. The predicted molar refractivity (Wildman–Crippen MR) is 78.1 cm³/mol. The Morgan fingerprint density at radius 1 is 1.32 bits per heavy atom. The number of carbonyl (C=O) groups is 1. The van der Waals surface area contributed by atoms with Crippen molar-refractivity contribution in [3.63, 3.8) is 0 Å². The summed E-state index contributed by atoms with van der Waals surface area (Å²) in [7, 11) is 1.84. The minimum Gasteiger partial charge on any atom is -0.481 e. The summed E-state index contributed by atoms with van der Waals surface area (Å²) in [5.74, 6) is 0.340. The molecule has 0 radical (unpaired) electrons. The first-order valence-corrected chi connectivity index (χ1v) is 6.76. The second-order valence-electron chi connectivity index (χ2n) is 4.27. The molecule has 2 atom stereocenters. The summed E-state index contributed by atoms with van der Waals surface area (Å²) in [4.78, 5) is 11.8. The fourth-order valence-electron chi connectivity index (χ4n) is 1.31. The van der Waals surface area contributed by atoms with Crippen molar-refractivity contribution in [1.29, 1.82) is 0 Å². The molecule has 0 heterocycles. The Morgan fingerprint density at radius 2 is 2.00 bits per heavy atom. The Balaban J connectivity index is 2.51. The molecule has 0 saturated heterocycles. The van der Waals surface area contributed by atoms with E-state index in [1.165, 1.54) is 0 Å². The number of benzene rings is 1. The van der Waals surface area contributed by atoms with Gasteiger partial charge in [0.25, 0.3) is 5.91 Å². The fourth-order valence-corrected chi connectivity index (χ4v) is 1.60. The molecule has 106 valence electrons. The van der Waals surface area contributed by atoms with Crippen LogP contribution in [-0.4, -0.2) is 31.6 Å². The zero-order chi connectivity index (χ0) is 14.4. The van der Waals surface area contributed by atoms with Gasteiger partial charge in [-0.3, -0.25) is 4.79 Å². The third-order valence-electron chi connectivity index (χ3n) is 2.65. The van der Waals surface area contributed by atoms with Crippen molar-refractivity contribution in [3.8, 4) is 5.75 Å². The number of likely N-dealkylation sites (N-methyl/N-ethyl adjacent to an activating group) is 1. The standard InChI is InChI=1S/C13H18Cl2N2O2/c1-8(16-3)7-17-13(18)9(2)19-10-4-5-11(14)12(15)6-10/h4-6,8-9,16H,7H2,1-3H3,(H,17,18). The van der Waals surface area contributed by atoms with E-state index in [1.54, 1.807) is 25.1 Å². The fraction of sp³-hybridized carbons (Fsp3) is 0.462. The van der Waals surface area contributed by atoms with Crippen LogP contribution in [0.5, 0.6) is 5.75 Å². The molecule has 1 amide bonds. The summed E-state index contributed by atoms with van der Waals surface area (Å²) in [6, 6.07) is 5.10. The highest BCUT2D eigenvalue weighted by molar-refractivity contribution is 6.42. The lowest BCUT2D eigenvalue weighted by atomic mass is 10.3. The molecule has 0 spiro atoms. The van der Waals surface area contributed by atoms with Crippen LogP contribution in [0.25, 0.3) is 0 Å². The number of rotatable bonds is 6. The van der Waals surface area contributed by atoms with Gasteiger partial charge in [-0.15, -0.1) is 0 Å². The van der Waals surface area contributed by atoms with Crippen molar-refractivity contribution < 1.29 is 9.53 Å². The summed E-state index contributed by atoms with van der Waals surface area (Å²) in [5, 5.41) is 6.68. The Labute approximate surface area is 123 Å². The molecule has 0 aliphatic rings. The van der Waals surface area contributed by atoms with Crippen molar-refractivity contribution in [1.82, 2.24) is 10.6 Å². The second-order valence-corrected chi connectivity index (χ2v) is 5.09. The molecular formula is C13H18Cl2N2O2. The lowest BCUT2D eigenvalue weighted by molar-refractivity contribution is -0.127. The van der Waals surface area contributed by atoms with E-state index in [0.717, 1.165) is 0 Å². The number of carbonyl (C=O) groups excluding carboxylic acids is 1. The lowest BCUT2D eigenvalue weighted by Gasteiger charge is -2.17. The van der Waals surface area contributed by atoms with Crippen LogP contribution in [0.2, 0.25) is 10.0 Å². The smallest absolute Gasteiger partial charge is 0.260 e. The van der Waals surface area contributed by atoms with Gasteiger partial charge in [-0.2, -0.15) is 0 Å². The van der Waals surface area contributed by atoms with E-state index in [-0.39, 0.29) is 11.9 Å². The van der Waals surface area contributed by atoms with Gasteiger partial charge in [0.1, 0.15) is 5.75 Å². The molecule has 0 fully saturated rings. The second kappa shape index (κ2) is 7.58. The first kappa shape index (κ1) is 16.1. The van der Waals surface area contributed by atoms with Crippen LogP contribution in [0.15, 0.2) is 18.2 Å². The maximum absolute atomic E-state index is 11.8. The van der Waals surface area contributed by atoms with E-state index in [4.69, 9.17) is 27.9 Å². The van der Waals surface area contributed by atoms with Gasteiger partial charge in [0, 0.05) is 18.7 Å². The van der Waals surface area contributed by atoms with Gasteiger partial charge >= 0.3 is 0 Å². The van der Waals surface area contributed by atoms with Crippen LogP contribution in [0, 0.1) is 0 Å². The quantitative estimate of drug-likeness (QED) is 0.849. The molecule has 0 aliphatic heterocycles. The monoisotopic (exact) mass is 304 g/mol. The van der Waals surface area contributed by atoms with Crippen LogP contribution < -0.4 is 15.4 Å². The molecule has 19 heavy (non-hydrogen) atoms. The van der Waals surface area contributed by atoms with Gasteiger partial charge in [-0.1, -0.05) is 23.2 Å².